The summed E-state index contributed by atoms with van der Waals surface area (Å²) in [4.78, 5) is 70.7. The second-order valence-electron chi connectivity index (χ2n) is 16.0. The van der Waals surface area contributed by atoms with Crippen LogP contribution in [-0.2, 0) is 49.5 Å². The van der Waals surface area contributed by atoms with E-state index in [-0.39, 0.29) is 59.0 Å². The minimum atomic E-state index is -1.09. The summed E-state index contributed by atoms with van der Waals surface area (Å²) in [7, 11) is 0. The Morgan fingerprint density at radius 3 is 1.34 bits per heavy atom. The first kappa shape index (κ1) is 46.0. The number of aliphatic hydroxyl groups excluding tert-OH is 1. The van der Waals surface area contributed by atoms with E-state index in [2.05, 4.69) is 5.32 Å². The standard InChI is InChI=1S/C38H63N5O10/c1-36(2,3)51-31(25-45)41-17-15-40(30(24-44)35(49)39-23-34(48)50-28-29-13-11-10-12-14-29)16-18-42(32(26-46)52-37(4,5)6)20-22-43(21-19-41)33(27-47)53-38(7,8)9/h10-14,25-27,30-33,44H,15-24,28H2,1-9H3,(H,39,49). The molecular weight excluding hydrogens is 686 g/mol. The zero-order valence-corrected chi connectivity index (χ0v) is 33.1. The lowest BCUT2D eigenvalue weighted by Gasteiger charge is -2.41. The second-order valence-corrected chi connectivity index (χ2v) is 16.0. The Hall–Kier alpha value is -3.15. The van der Waals surface area contributed by atoms with Crippen molar-refractivity contribution in [2.24, 2.45) is 0 Å². The number of carbonyl (C=O) groups is 5. The van der Waals surface area contributed by atoms with Crippen LogP contribution in [0, 0.1) is 0 Å². The van der Waals surface area contributed by atoms with Gasteiger partial charge in [0.05, 0.1) is 23.4 Å². The van der Waals surface area contributed by atoms with Crippen molar-refractivity contribution in [2.45, 2.75) is 110 Å². The molecule has 1 fully saturated rings. The average Bonchev–Trinajstić information content (AvgIpc) is 3.07. The molecule has 15 heteroatoms. The van der Waals surface area contributed by atoms with Crippen LogP contribution >= 0.6 is 0 Å². The summed E-state index contributed by atoms with van der Waals surface area (Å²) in [6.45, 7) is 17.6. The predicted octanol–water partition coefficient (Wildman–Crippen LogP) is 1.45. The lowest BCUT2D eigenvalue weighted by molar-refractivity contribution is -0.167. The van der Waals surface area contributed by atoms with Gasteiger partial charge in [-0.1, -0.05) is 30.3 Å². The van der Waals surface area contributed by atoms with E-state index in [0.717, 1.165) is 11.8 Å². The van der Waals surface area contributed by atoms with E-state index in [9.17, 15) is 29.1 Å². The molecule has 2 N–H and O–H groups in total. The fourth-order valence-electron chi connectivity index (χ4n) is 5.63. The van der Waals surface area contributed by atoms with Crippen LogP contribution in [0.3, 0.4) is 0 Å². The molecule has 4 atom stereocenters. The summed E-state index contributed by atoms with van der Waals surface area (Å²) in [6.07, 6.45) is -0.676. The maximum absolute atomic E-state index is 13.5. The topological polar surface area (TPSA) is 167 Å². The zero-order chi connectivity index (χ0) is 39.8. The van der Waals surface area contributed by atoms with Crippen LogP contribution in [0.2, 0.25) is 0 Å². The molecule has 0 saturated carbocycles. The van der Waals surface area contributed by atoms with Crippen LogP contribution in [0.25, 0.3) is 0 Å². The molecule has 4 unspecified atom stereocenters. The van der Waals surface area contributed by atoms with Gasteiger partial charge in [-0.2, -0.15) is 0 Å². The molecule has 1 aliphatic rings. The van der Waals surface area contributed by atoms with Crippen molar-refractivity contribution in [1.82, 2.24) is 24.9 Å². The van der Waals surface area contributed by atoms with Gasteiger partial charge in [0.2, 0.25) is 5.91 Å². The molecule has 1 aromatic rings. The van der Waals surface area contributed by atoms with E-state index < -0.39 is 66.6 Å². The van der Waals surface area contributed by atoms with Gasteiger partial charge >= 0.3 is 5.97 Å². The molecule has 1 aliphatic heterocycles. The summed E-state index contributed by atoms with van der Waals surface area (Å²) >= 11 is 0. The van der Waals surface area contributed by atoms with Crippen molar-refractivity contribution in [3.63, 3.8) is 0 Å². The fourth-order valence-corrected chi connectivity index (χ4v) is 5.63. The van der Waals surface area contributed by atoms with Gasteiger partial charge in [-0.25, -0.2) is 0 Å². The lowest BCUT2D eigenvalue weighted by Crippen LogP contribution is -2.58. The number of benzene rings is 1. The number of nitrogens with zero attached hydrogens (tertiary/aromatic N) is 4. The Labute approximate surface area is 315 Å². The van der Waals surface area contributed by atoms with Gasteiger partial charge in [0.15, 0.2) is 37.5 Å². The van der Waals surface area contributed by atoms with Crippen molar-refractivity contribution < 1.29 is 48.0 Å². The third-order valence-electron chi connectivity index (χ3n) is 8.12. The Morgan fingerprint density at radius 2 is 1.02 bits per heavy atom. The number of amides is 1. The van der Waals surface area contributed by atoms with Gasteiger partial charge in [0.25, 0.3) is 0 Å². The Kier molecular flexibility index (Phi) is 18.8. The highest BCUT2D eigenvalue weighted by Crippen LogP contribution is 2.19. The third kappa shape index (κ3) is 17.7. The van der Waals surface area contributed by atoms with Crippen LogP contribution in [0.15, 0.2) is 30.3 Å². The fraction of sp³-hybridized carbons (Fsp3) is 0.711. The normalized spacial score (nSPS) is 19.1. The maximum atomic E-state index is 13.5. The summed E-state index contributed by atoms with van der Waals surface area (Å²) in [5.74, 6) is -1.23. The van der Waals surface area contributed by atoms with Crippen molar-refractivity contribution in [3.8, 4) is 0 Å². The summed E-state index contributed by atoms with van der Waals surface area (Å²) in [5.41, 5.74) is -1.19. The summed E-state index contributed by atoms with van der Waals surface area (Å²) in [6, 6.07) is 8.06. The van der Waals surface area contributed by atoms with Gasteiger partial charge < -0.3 is 29.4 Å². The number of rotatable bonds is 16. The number of aliphatic hydroxyl groups is 1. The van der Waals surface area contributed by atoms with Gasteiger partial charge in [0.1, 0.15) is 19.2 Å². The molecule has 1 saturated heterocycles. The molecule has 0 spiro atoms. The number of ether oxygens (including phenoxy) is 4. The minimum absolute atomic E-state index is 0.0488. The van der Waals surface area contributed by atoms with Crippen molar-refractivity contribution in [1.29, 1.82) is 0 Å². The maximum Gasteiger partial charge on any atom is 0.325 e. The minimum Gasteiger partial charge on any atom is -0.460 e. The first-order valence-electron chi connectivity index (χ1n) is 18.2. The number of nitrogens with one attached hydrogen (secondary N) is 1. The molecule has 2 rings (SSSR count). The van der Waals surface area contributed by atoms with E-state index >= 15 is 0 Å². The number of esters is 1. The molecule has 0 radical (unpaired) electrons. The molecule has 0 aliphatic carbocycles. The SMILES string of the molecule is CC(C)(C)OC(C=O)N1CCN(C(C=O)OC(C)(C)C)CCN(C(CO)C(=O)NCC(=O)OCc2ccccc2)CCN(C(C=O)OC(C)(C)C)CC1. The Morgan fingerprint density at radius 1 is 0.660 bits per heavy atom. The molecule has 1 heterocycles. The average molecular weight is 750 g/mol. The summed E-state index contributed by atoms with van der Waals surface area (Å²) in [5, 5.41) is 13.1. The number of hydrogen-bond donors (Lipinski definition) is 2. The van der Waals surface area contributed by atoms with Gasteiger partial charge in [-0.15, -0.1) is 0 Å². The smallest absolute Gasteiger partial charge is 0.325 e. The van der Waals surface area contributed by atoms with Crippen LogP contribution in [0.5, 0.6) is 0 Å². The van der Waals surface area contributed by atoms with Crippen molar-refractivity contribution in [3.05, 3.63) is 35.9 Å². The van der Waals surface area contributed by atoms with Crippen LogP contribution in [-0.4, -0.2) is 162 Å². The van der Waals surface area contributed by atoms with Crippen molar-refractivity contribution >= 4 is 30.7 Å². The highest BCUT2D eigenvalue weighted by molar-refractivity contribution is 5.85. The quantitative estimate of drug-likeness (QED) is 0.184. The van der Waals surface area contributed by atoms with Gasteiger partial charge in [0, 0.05) is 52.4 Å². The van der Waals surface area contributed by atoms with Crippen LogP contribution < -0.4 is 5.32 Å². The van der Waals surface area contributed by atoms with E-state index in [4.69, 9.17) is 18.9 Å². The van der Waals surface area contributed by atoms with E-state index in [1.54, 1.807) is 4.90 Å². The molecule has 53 heavy (non-hydrogen) atoms. The van der Waals surface area contributed by atoms with Crippen molar-refractivity contribution in [2.75, 3.05) is 65.5 Å². The Balaban J connectivity index is 2.43. The second kappa shape index (κ2) is 21.7. The molecule has 0 aromatic heterocycles. The zero-order valence-electron chi connectivity index (χ0n) is 33.1. The summed E-state index contributed by atoms with van der Waals surface area (Å²) < 4.78 is 23.7. The number of aldehydes is 3. The first-order valence-corrected chi connectivity index (χ1v) is 18.2. The molecule has 1 aromatic carbocycles. The van der Waals surface area contributed by atoms with Gasteiger partial charge in [-0.05, 0) is 67.9 Å². The lowest BCUT2D eigenvalue weighted by atomic mass is 10.2. The molecular formula is C38H63N5O10. The predicted molar refractivity (Wildman–Crippen MR) is 198 cm³/mol. The molecule has 0 bridgehead atoms. The number of carbonyl (C=O) groups excluding carboxylic acids is 5. The number of hydrogen-bond acceptors (Lipinski definition) is 14. The monoisotopic (exact) mass is 749 g/mol. The highest BCUT2D eigenvalue weighted by atomic mass is 16.5. The van der Waals surface area contributed by atoms with Crippen LogP contribution in [0.4, 0.5) is 0 Å². The molecule has 15 nitrogen and oxygen atoms in total. The van der Waals surface area contributed by atoms with E-state index in [1.807, 2.05) is 107 Å². The Bertz CT molecular complexity index is 1240. The van der Waals surface area contributed by atoms with E-state index in [1.165, 1.54) is 0 Å². The van der Waals surface area contributed by atoms with E-state index in [0.29, 0.717) is 12.6 Å². The molecule has 300 valence electrons. The molecule has 1 amide bonds. The van der Waals surface area contributed by atoms with Crippen LogP contribution in [0.1, 0.15) is 67.9 Å². The third-order valence-corrected chi connectivity index (χ3v) is 8.12. The highest BCUT2D eigenvalue weighted by Gasteiger charge is 2.34. The van der Waals surface area contributed by atoms with Gasteiger partial charge in [-0.3, -0.25) is 43.6 Å². The largest absolute Gasteiger partial charge is 0.460 e. The first-order chi connectivity index (χ1) is 24.8.